The fourth-order valence-corrected chi connectivity index (χ4v) is 2.82. The van der Waals surface area contributed by atoms with Gasteiger partial charge in [0.25, 0.3) is 0 Å². The highest BCUT2D eigenvalue weighted by Crippen LogP contribution is 2.28. The number of ketones is 1. The van der Waals surface area contributed by atoms with Gasteiger partial charge in [-0.15, -0.1) is 0 Å². The fraction of sp³-hybridized carbons (Fsp3) is 0.562. The van der Waals surface area contributed by atoms with Gasteiger partial charge in [-0.3, -0.25) is 4.79 Å². The molecule has 0 bridgehead atoms. The Bertz CT molecular complexity index is 493. The van der Waals surface area contributed by atoms with Gasteiger partial charge in [0.15, 0.2) is 11.6 Å². The molecule has 1 aromatic rings. The van der Waals surface area contributed by atoms with Gasteiger partial charge >= 0.3 is 0 Å². The maximum Gasteiger partial charge on any atom is 0.159 e. The molecule has 1 saturated heterocycles. The SMILES string of the molecule is CC(C)(CC(=O)C1CCCN1)Cc1ccc(F)c(F)c1. The van der Waals surface area contributed by atoms with Gasteiger partial charge in [0.05, 0.1) is 6.04 Å². The van der Waals surface area contributed by atoms with Crippen molar-refractivity contribution in [1.29, 1.82) is 0 Å². The first kappa shape index (κ1) is 15.1. The normalized spacial score (nSPS) is 19.3. The van der Waals surface area contributed by atoms with Crippen LogP contribution < -0.4 is 5.32 Å². The fourth-order valence-electron chi connectivity index (χ4n) is 2.82. The van der Waals surface area contributed by atoms with Crippen LogP contribution in [0.5, 0.6) is 0 Å². The second-order valence-electron chi connectivity index (χ2n) is 6.38. The molecule has 1 aromatic carbocycles. The van der Waals surface area contributed by atoms with Gasteiger partial charge in [0.2, 0.25) is 0 Å². The molecule has 0 saturated carbocycles. The van der Waals surface area contributed by atoms with Crippen LogP contribution in [-0.4, -0.2) is 18.4 Å². The van der Waals surface area contributed by atoms with E-state index < -0.39 is 11.6 Å². The molecule has 1 unspecified atom stereocenters. The molecule has 1 aliphatic rings. The average molecular weight is 281 g/mol. The summed E-state index contributed by atoms with van der Waals surface area (Å²) in [4.78, 5) is 12.2. The Kier molecular flexibility index (Phi) is 4.53. The molecule has 2 nitrogen and oxygen atoms in total. The molecule has 0 amide bonds. The number of carbonyl (C=O) groups excluding carboxylic acids is 1. The van der Waals surface area contributed by atoms with Gasteiger partial charge in [-0.2, -0.15) is 0 Å². The van der Waals surface area contributed by atoms with Crippen molar-refractivity contribution in [2.75, 3.05) is 6.54 Å². The number of benzene rings is 1. The number of carbonyl (C=O) groups is 1. The van der Waals surface area contributed by atoms with Crippen LogP contribution in [0.3, 0.4) is 0 Å². The standard InChI is InChI=1S/C16H21F2NO/c1-16(2,10-15(20)14-4-3-7-19-14)9-11-5-6-12(17)13(18)8-11/h5-6,8,14,19H,3-4,7,9-10H2,1-2H3. The predicted molar refractivity (Wildman–Crippen MR) is 74.5 cm³/mol. The number of rotatable bonds is 5. The van der Waals surface area contributed by atoms with Gasteiger partial charge in [-0.05, 0) is 48.9 Å². The highest BCUT2D eigenvalue weighted by Gasteiger charge is 2.29. The summed E-state index contributed by atoms with van der Waals surface area (Å²) in [6.07, 6.45) is 2.95. The van der Waals surface area contributed by atoms with E-state index in [1.54, 1.807) is 6.07 Å². The zero-order valence-electron chi connectivity index (χ0n) is 12.0. The predicted octanol–water partition coefficient (Wildman–Crippen LogP) is 3.24. The molecule has 0 spiro atoms. The van der Waals surface area contributed by atoms with Gasteiger partial charge in [0.1, 0.15) is 5.78 Å². The van der Waals surface area contributed by atoms with Crippen LogP contribution in [0.2, 0.25) is 0 Å². The van der Waals surface area contributed by atoms with Gasteiger partial charge in [-0.1, -0.05) is 19.9 Å². The minimum atomic E-state index is -0.835. The smallest absolute Gasteiger partial charge is 0.159 e. The molecular formula is C16H21F2NO. The third kappa shape index (κ3) is 3.85. The second kappa shape index (κ2) is 6.00. The highest BCUT2D eigenvalue weighted by molar-refractivity contribution is 5.84. The zero-order chi connectivity index (χ0) is 14.8. The topological polar surface area (TPSA) is 29.1 Å². The Morgan fingerprint density at radius 1 is 1.35 bits per heavy atom. The lowest BCUT2D eigenvalue weighted by Gasteiger charge is -2.25. The van der Waals surface area contributed by atoms with E-state index >= 15 is 0 Å². The quantitative estimate of drug-likeness (QED) is 0.897. The van der Waals surface area contributed by atoms with Crippen molar-refractivity contribution in [3.8, 4) is 0 Å². The first-order valence-corrected chi connectivity index (χ1v) is 7.07. The van der Waals surface area contributed by atoms with Crippen LogP contribution in [0.15, 0.2) is 18.2 Å². The Morgan fingerprint density at radius 3 is 2.70 bits per heavy atom. The minimum absolute atomic E-state index is 0.0285. The van der Waals surface area contributed by atoms with Crippen LogP contribution in [0.1, 0.15) is 38.7 Å². The first-order chi connectivity index (χ1) is 9.37. The number of halogens is 2. The van der Waals surface area contributed by atoms with Gasteiger partial charge < -0.3 is 5.32 Å². The van der Waals surface area contributed by atoms with E-state index in [1.165, 1.54) is 6.07 Å². The third-order valence-electron chi connectivity index (χ3n) is 3.77. The summed E-state index contributed by atoms with van der Waals surface area (Å²) >= 11 is 0. The summed E-state index contributed by atoms with van der Waals surface area (Å²) < 4.78 is 26.1. The lowest BCUT2D eigenvalue weighted by atomic mass is 9.80. The van der Waals surface area contributed by atoms with Crippen LogP contribution >= 0.6 is 0 Å². The highest BCUT2D eigenvalue weighted by atomic mass is 19.2. The summed E-state index contributed by atoms with van der Waals surface area (Å²) in [6, 6.07) is 3.91. The van der Waals surface area contributed by atoms with Gasteiger partial charge in [-0.25, -0.2) is 8.78 Å². The van der Waals surface area contributed by atoms with E-state index in [0.717, 1.165) is 31.0 Å². The van der Waals surface area contributed by atoms with Crippen molar-refractivity contribution in [1.82, 2.24) is 5.32 Å². The van der Waals surface area contributed by atoms with E-state index in [9.17, 15) is 13.6 Å². The largest absolute Gasteiger partial charge is 0.307 e. The number of Topliss-reactive ketones (excluding diaryl/α,β-unsaturated/α-hetero) is 1. The molecule has 1 fully saturated rings. The van der Waals surface area contributed by atoms with Crippen LogP contribution in [0.4, 0.5) is 8.78 Å². The lowest BCUT2D eigenvalue weighted by Crippen LogP contribution is -2.34. The van der Waals surface area contributed by atoms with Gasteiger partial charge in [0, 0.05) is 6.42 Å². The molecule has 0 aliphatic carbocycles. The van der Waals surface area contributed by atoms with E-state index in [0.29, 0.717) is 12.8 Å². The lowest BCUT2D eigenvalue weighted by molar-refractivity contribution is -0.122. The zero-order valence-corrected chi connectivity index (χ0v) is 12.0. The molecular weight excluding hydrogens is 260 g/mol. The summed E-state index contributed by atoms with van der Waals surface area (Å²) in [5.74, 6) is -1.45. The molecule has 1 atom stereocenters. The molecule has 2 rings (SSSR count). The molecule has 20 heavy (non-hydrogen) atoms. The first-order valence-electron chi connectivity index (χ1n) is 7.07. The summed E-state index contributed by atoms with van der Waals surface area (Å²) in [5.41, 5.74) is 0.465. The van der Waals surface area contributed by atoms with Crippen LogP contribution in [0.25, 0.3) is 0 Å². The monoisotopic (exact) mass is 281 g/mol. The Morgan fingerprint density at radius 2 is 2.10 bits per heavy atom. The third-order valence-corrected chi connectivity index (χ3v) is 3.77. The number of hydrogen-bond donors (Lipinski definition) is 1. The molecule has 0 aromatic heterocycles. The Hall–Kier alpha value is -1.29. The van der Waals surface area contributed by atoms with Crippen molar-refractivity contribution in [3.63, 3.8) is 0 Å². The Labute approximate surface area is 118 Å². The summed E-state index contributed by atoms with van der Waals surface area (Å²) in [6.45, 7) is 4.88. The van der Waals surface area contributed by atoms with Crippen LogP contribution in [0, 0.1) is 17.0 Å². The molecule has 0 radical (unpaired) electrons. The van der Waals surface area contributed by atoms with E-state index in [-0.39, 0.29) is 17.2 Å². The second-order valence-corrected chi connectivity index (χ2v) is 6.38. The Balaban J connectivity index is 1.98. The molecule has 1 N–H and O–H groups in total. The van der Waals surface area contributed by atoms with Crippen LogP contribution in [-0.2, 0) is 11.2 Å². The van der Waals surface area contributed by atoms with Crippen molar-refractivity contribution < 1.29 is 13.6 Å². The maximum atomic E-state index is 13.2. The molecule has 1 aliphatic heterocycles. The number of nitrogens with one attached hydrogen (secondary N) is 1. The summed E-state index contributed by atoms with van der Waals surface area (Å²) in [5, 5.41) is 3.20. The van der Waals surface area contributed by atoms with Crippen molar-refractivity contribution >= 4 is 5.78 Å². The van der Waals surface area contributed by atoms with Crippen molar-refractivity contribution in [2.24, 2.45) is 5.41 Å². The van der Waals surface area contributed by atoms with E-state index in [2.05, 4.69) is 5.32 Å². The average Bonchev–Trinajstić information content (AvgIpc) is 2.86. The van der Waals surface area contributed by atoms with E-state index in [1.807, 2.05) is 13.8 Å². The summed E-state index contributed by atoms with van der Waals surface area (Å²) in [7, 11) is 0. The number of hydrogen-bond acceptors (Lipinski definition) is 2. The minimum Gasteiger partial charge on any atom is -0.307 e. The van der Waals surface area contributed by atoms with Crippen molar-refractivity contribution in [3.05, 3.63) is 35.4 Å². The van der Waals surface area contributed by atoms with Crippen molar-refractivity contribution in [2.45, 2.75) is 45.6 Å². The molecule has 110 valence electrons. The molecule has 4 heteroatoms. The maximum absolute atomic E-state index is 13.2. The molecule has 1 heterocycles. The van der Waals surface area contributed by atoms with E-state index in [4.69, 9.17) is 0 Å².